The maximum Gasteiger partial charge on any atom is 0.325 e. The zero-order chi connectivity index (χ0) is 25.2. The number of nitriles is 1. The van der Waals surface area contributed by atoms with Gasteiger partial charge in [0.1, 0.15) is 5.65 Å². The Morgan fingerprint density at radius 3 is 2.70 bits per heavy atom. The van der Waals surface area contributed by atoms with Gasteiger partial charge in [0.05, 0.1) is 17.6 Å². The smallest absolute Gasteiger partial charge is 0.309 e. The van der Waals surface area contributed by atoms with Crippen LogP contribution in [0.1, 0.15) is 24.1 Å². The van der Waals surface area contributed by atoms with Crippen LogP contribution in [0.15, 0.2) is 101 Å². The van der Waals surface area contributed by atoms with Gasteiger partial charge in [-0.3, -0.25) is 14.8 Å². The first-order chi connectivity index (χ1) is 18.2. The van der Waals surface area contributed by atoms with Gasteiger partial charge in [0.15, 0.2) is 0 Å². The fourth-order valence-corrected chi connectivity index (χ4v) is 4.85. The van der Waals surface area contributed by atoms with Gasteiger partial charge in [-0.15, -0.1) is 0 Å². The Labute approximate surface area is 214 Å². The Kier molecular flexibility index (Phi) is 5.95. The standard InChI is InChI=1S/C29H23BN6O/c31-20-30(27-8-4-5-12-33-27)14-21-9-10-28-34-23(19-36(28)17-21)18-35-13-11-24-25(22-6-2-1-3-7-22)15-32-16-26(24)29(35)37/h1-3,6-13,15-17,19H,4-5,14,18H2. The highest BCUT2D eigenvalue weighted by atomic mass is 16.1. The minimum atomic E-state index is -0.275. The molecule has 0 aliphatic carbocycles. The average molecular weight is 482 g/mol. The molecule has 7 nitrogen and oxygen atoms in total. The van der Waals surface area contributed by atoms with E-state index in [4.69, 9.17) is 4.98 Å². The lowest BCUT2D eigenvalue weighted by Crippen LogP contribution is -2.20. The van der Waals surface area contributed by atoms with Crippen molar-refractivity contribution in [1.29, 1.82) is 5.26 Å². The number of benzene rings is 1. The minimum absolute atomic E-state index is 0.0984. The molecule has 1 aromatic carbocycles. The number of imidazole rings is 1. The van der Waals surface area contributed by atoms with Crippen LogP contribution in [0.5, 0.6) is 0 Å². The van der Waals surface area contributed by atoms with Crippen LogP contribution in [0.25, 0.3) is 27.5 Å². The highest BCUT2D eigenvalue weighted by Crippen LogP contribution is 2.26. The Bertz CT molecular complexity index is 1780. The van der Waals surface area contributed by atoms with Gasteiger partial charge in [0, 0.05) is 54.3 Å². The summed E-state index contributed by atoms with van der Waals surface area (Å²) in [4.78, 5) is 26.8. The zero-order valence-corrected chi connectivity index (χ0v) is 20.2. The van der Waals surface area contributed by atoms with Gasteiger partial charge >= 0.3 is 6.71 Å². The van der Waals surface area contributed by atoms with E-state index in [1.54, 1.807) is 17.0 Å². The lowest BCUT2D eigenvalue weighted by Gasteiger charge is -2.10. The van der Waals surface area contributed by atoms with Crippen LogP contribution in [0.4, 0.5) is 0 Å². The van der Waals surface area contributed by atoms with Gasteiger partial charge in [0.25, 0.3) is 5.56 Å². The highest BCUT2D eigenvalue weighted by molar-refractivity contribution is 6.73. The number of aromatic nitrogens is 4. The van der Waals surface area contributed by atoms with Gasteiger partial charge in [-0.1, -0.05) is 42.5 Å². The summed E-state index contributed by atoms with van der Waals surface area (Å²) in [5.74, 6) is 2.39. The Hall–Kier alpha value is -4.77. The second kappa shape index (κ2) is 9.71. The van der Waals surface area contributed by atoms with E-state index >= 15 is 0 Å². The maximum absolute atomic E-state index is 13.3. The Morgan fingerprint density at radius 2 is 1.89 bits per heavy atom. The number of rotatable bonds is 6. The van der Waals surface area contributed by atoms with E-state index < -0.39 is 0 Å². The predicted molar refractivity (Wildman–Crippen MR) is 147 cm³/mol. The quantitative estimate of drug-likeness (QED) is 0.329. The van der Waals surface area contributed by atoms with Crippen LogP contribution in [0.3, 0.4) is 0 Å². The molecular weight excluding hydrogens is 459 g/mol. The minimum Gasteiger partial charge on any atom is -0.309 e. The molecule has 0 spiro atoms. The molecule has 37 heavy (non-hydrogen) atoms. The van der Waals surface area contributed by atoms with Gasteiger partial charge in [0.2, 0.25) is 0 Å². The third-order valence-electron chi connectivity index (χ3n) is 6.72. The fourth-order valence-electron chi connectivity index (χ4n) is 4.85. The number of hydrogen-bond donors (Lipinski definition) is 0. The van der Waals surface area contributed by atoms with Crippen molar-refractivity contribution in [1.82, 2.24) is 18.9 Å². The van der Waals surface area contributed by atoms with Crippen molar-refractivity contribution in [2.75, 3.05) is 0 Å². The van der Waals surface area contributed by atoms with Crippen molar-refractivity contribution < 1.29 is 0 Å². The molecule has 0 fully saturated rings. The first-order valence-electron chi connectivity index (χ1n) is 12.3. The fraction of sp³-hybridized carbons (Fsp3) is 0.138. The molecule has 5 aromatic rings. The lowest BCUT2D eigenvalue weighted by atomic mass is 9.45. The number of fused-ring (bicyclic) bond motifs is 2. The zero-order valence-electron chi connectivity index (χ0n) is 20.2. The molecule has 178 valence electrons. The first kappa shape index (κ1) is 22.7. The van der Waals surface area contributed by atoms with E-state index in [0.29, 0.717) is 18.3 Å². The van der Waals surface area contributed by atoms with Gasteiger partial charge in [-0.25, -0.2) is 10.2 Å². The maximum atomic E-state index is 13.3. The summed E-state index contributed by atoms with van der Waals surface area (Å²) in [6.45, 7) is 0.0756. The molecule has 0 unspecified atom stereocenters. The van der Waals surface area contributed by atoms with Gasteiger partial charge in [-0.2, -0.15) is 0 Å². The van der Waals surface area contributed by atoms with E-state index in [1.165, 1.54) is 0 Å². The molecule has 1 aliphatic heterocycles. The average Bonchev–Trinajstić information content (AvgIpc) is 3.35. The van der Waals surface area contributed by atoms with E-state index in [0.717, 1.165) is 51.9 Å². The number of aliphatic imine (C=N–C) groups is 1. The Morgan fingerprint density at radius 1 is 1.00 bits per heavy atom. The summed E-state index contributed by atoms with van der Waals surface area (Å²) >= 11 is 0. The molecule has 0 atom stereocenters. The summed E-state index contributed by atoms with van der Waals surface area (Å²) in [6.07, 6.45) is 15.6. The van der Waals surface area contributed by atoms with Crippen LogP contribution in [0.2, 0.25) is 0 Å². The van der Waals surface area contributed by atoms with Crippen molar-refractivity contribution in [3.8, 4) is 17.1 Å². The van der Waals surface area contributed by atoms with Crippen molar-refractivity contribution in [3.05, 3.63) is 113 Å². The second-order valence-electron chi connectivity index (χ2n) is 9.20. The van der Waals surface area contributed by atoms with Crippen LogP contribution < -0.4 is 5.56 Å². The summed E-state index contributed by atoms with van der Waals surface area (Å²) in [5.41, 5.74) is 5.32. The molecule has 8 heteroatoms. The molecule has 6 rings (SSSR count). The molecule has 0 saturated carbocycles. The predicted octanol–water partition coefficient (Wildman–Crippen LogP) is 4.69. The van der Waals surface area contributed by atoms with E-state index in [2.05, 4.69) is 22.0 Å². The largest absolute Gasteiger partial charge is 0.325 e. The SMILES string of the molecule is N#CB(Cc1ccc2nc(Cn3ccc4c(-c5ccccc5)cncc4c3=O)cn2c1)C1=CCCC=N1. The third kappa shape index (κ3) is 4.48. The summed E-state index contributed by atoms with van der Waals surface area (Å²) < 4.78 is 3.62. The van der Waals surface area contributed by atoms with Gasteiger partial charge < -0.3 is 8.97 Å². The van der Waals surface area contributed by atoms with Crippen molar-refractivity contribution in [2.24, 2.45) is 4.99 Å². The molecule has 0 N–H and O–H groups in total. The molecule has 5 heterocycles. The normalized spacial score (nSPS) is 13.0. The van der Waals surface area contributed by atoms with Crippen molar-refractivity contribution in [3.63, 3.8) is 0 Å². The molecule has 1 aliphatic rings. The third-order valence-corrected chi connectivity index (χ3v) is 6.72. The van der Waals surface area contributed by atoms with Gasteiger partial charge in [-0.05, 0) is 47.8 Å². The topological polar surface area (TPSA) is 88.3 Å². The highest BCUT2D eigenvalue weighted by Gasteiger charge is 2.21. The van der Waals surface area contributed by atoms with E-state index in [9.17, 15) is 10.1 Å². The molecule has 0 saturated heterocycles. The van der Waals surface area contributed by atoms with E-state index in [-0.39, 0.29) is 12.3 Å². The van der Waals surface area contributed by atoms with Crippen molar-refractivity contribution in [2.45, 2.75) is 25.7 Å². The van der Waals surface area contributed by atoms with Crippen molar-refractivity contribution >= 4 is 29.3 Å². The van der Waals surface area contributed by atoms with Crippen LogP contribution in [0, 0.1) is 11.2 Å². The van der Waals surface area contributed by atoms with Crippen LogP contribution in [-0.4, -0.2) is 31.9 Å². The molecule has 0 bridgehead atoms. The summed E-state index contributed by atoms with van der Waals surface area (Å²) in [6, 6.07) is 15.9. The lowest BCUT2D eigenvalue weighted by molar-refractivity contribution is 0.752. The van der Waals surface area contributed by atoms with Crippen LogP contribution in [-0.2, 0) is 12.9 Å². The summed E-state index contributed by atoms with van der Waals surface area (Å²) in [5, 5.41) is 11.1. The number of pyridine rings is 3. The van der Waals surface area contributed by atoms with E-state index in [1.807, 2.05) is 77.7 Å². The Balaban J connectivity index is 1.28. The number of hydrogen-bond acceptors (Lipinski definition) is 5. The molecule has 4 aromatic heterocycles. The molecule has 0 amide bonds. The molecular formula is C29H23BN6O. The second-order valence-corrected chi connectivity index (χ2v) is 9.20. The first-order valence-corrected chi connectivity index (χ1v) is 12.3. The molecule has 0 radical (unpaired) electrons. The monoisotopic (exact) mass is 482 g/mol. The number of allylic oxidation sites excluding steroid dienone is 1. The van der Waals surface area contributed by atoms with Crippen LogP contribution >= 0.6 is 0 Å². The number of nitrogens with zero attached hydrogens (tertiary/aromatic N) is 6. The summed E-state index contributed by atoms with van der Waals surface area (Å²) in [7, 11) is 0.